The average molecular weight is 467 g/mol. The van der Waals surface area contributed by atoms with Crippen LogP contribution in [0.4, 0.5) is 0 Å². The summed E-state index contributed by atoms with van der Waals surface area (Å²) < 4.78 is 0. The smallest absolute Gasteiger partial charge is 0.0683 e. The largest absolute Gasteiger partial charge is 0.355 e. The first-order valence-corrected chi connectivity index (χ1v) is 13.0. The second-order valence-electron chi connectivity index (χ2n) is 9.40. The van der Waals surface area contributed by atoms with Gasteiger partial charge >= 0.3 is 0 Å². The molecule has 35 heavy (non-hydrogen) atoms. The van der Waals surface area contributed by atoms with Crippen LogP contribution in [0.1, 0.15) is 78.1 Å². The quantitative estimate of drug-likeness (QED) is 0.536. The van der Waals surface area contributed by atoms with Crippen LogP contribution in [0.3, 0.4) is 0 Å². The van der Waals surface area contributed by atoms with Gasteiger partial charge in [0.2, 0.25) is 0 Å². The maximum atomic E-state index is 5.19. The molecule has 4 heterocycles. The van der Waals surface area contributed by atoms with Crippen molar-refractivity contribution in [2.45, 2.75) is 74.1 Å². The van der Waals surface area contributed by atoms with E-state index in [0.717, 1.165) is 59.5 Å². The Morgan fingerprint density at radius 3 is 2.09 bits per heavy atom. The van der Waals surface area contributed by atoms with E-state index in [0.29, 0.717) is 5.92 Å². The molecule has 182 valence electrons. The van der Waals surface area contributed by atoms with Crippen LogP contribution in [0.2, 0.25) is 0 Å². The van der Waals surface area contributed by atoms with E-state index in [4.69, 9.17) is 9.98 Å². The summed E-state index contributed by atoms with van der Waals surface area (Å²) in [5.74, 6) is 0.341. The molecule has 0 amide bonds. The third-order valence-electron chi connectivity index (χ3n) is 7.46. The van der Waals surface area contributed by atoms with E-state index in [1.807, 2.05) is 24.4 Å². The molecule has 0 saturated heterocycles. The topological polar surface area (TPSA) is 53.4 Å². The van der Waals surface area contributed by atoms with Gasteiger partial charge in [-0.1, -0.05) is 33.8 Å². The Hall–Kier alpha value is -3.27. The summed E-state index contributed by atoms with van der Waals surface area (Å²) in [5, 5.41) is 2.32. The molecule has 0 spiro atoms. The molecular formula is C31H38N4. The number of pyridine rings is 1. The maximum Gasteiger partial charge on any atom is 0.0683 e. The number of nitrogens with zero attached hydrogens (tertiary/aromatic N) is 3. The first-order valence-electron chi connectivity index (χ1n) is 13.0. The molecule has 1 atom stereocenters. The van der Waals surface area contributed by atoms with E-state index in [-0.39, 0.29) is 0 Å². The van der Waals surface area contributed by atoms with E-state index in [1.165, 1.54) is 33.2 Å². The summed E-state index contributed by atoms with van der Waals surface area (Å²) in [6, 6.07) is 6.03. The first-order chi connectivity index (χ1) is 16.9. The number of hydrogen-bond donors (Lipinski definition) is 1. The molecule has 0 radical (unpaired) electrons. The van der Waals surface area contributed by atoms with E-state index in [2.05, 4.69) is 76.7 Å². The monoisotopic (exact) mass is 466 g/mol. The van der Waals surface area contributed by atoms with Crippen LogP contribution in [-0.2, 0) is 12.8 Å². The molecule has 0 saturated carbocycles. The second-order valence-corrected chi connectivity index (χ2v) is 9.40. The van der Waals surface area contributed by atoms with Gasteiger partial charge < -0.3 is 4.98 Å². The van der Waals surface area contributed by atoms with Crippen molar-refractivity contribution < 1.29 is 0 Å². The Morgan fingerprint density at radius 2 is 1.54 bits per heavy atom. The summed E-state index contributed by atoms with van der Waals surface area (Å²) in [6.07, 6.45) is 12.5. The van der Waals surface area contributed by atoms with Gasteiger partial charge in [0.1, 0.15) is 0 Å². The predicted octanol–water partition coefficient (Wildman–Crippen LogP) is 5.98. The van der Waals surface area contributed by atoms with Crippen LogP contribution >= 0.6 is 0 Å². The van der Waals surface area contributed by atoms with Gasteiger partial charge in [-0.05, 0) is 105 Å². The van der Waals surface area contributed by atoms with E-state index < -0.39 is 0 Å². The zero-order valence-corrected chi connectivity index (χ0v) is 22.3. The molecular weight excluding hydrogens is 428 g/mol. The molecule has 2 aliphatic heterocycles. The van der Waals surface area contributed by atoms with Gasteiger partial charge in [-0.2, -0.15) is 0 Å². The number of H-pyrrole nitrogens is 1. The molecule has 1 unspecified atom stereocenters. The normalized spacial score (nSPS) is 20.5. The molecule has 4 nitrogen and oxygen atoms in total. The van der Waals surface area contributed by atoms with Gasteiger partial charge in [0.25, 0.3) is 0 Å². The van der Waals surface area contributed by atoms with Crippen LogP contribution in [0.25, 0.3) is 12.2 Å². The maximum absolute atomic E-state index is 5.19. The molecule has 2 aromatic heterocycles. The zero-order valence-electron chi connectivity index (χ0n) is 22.3. The zero-order chi connectivity index (χ0) is 25.1. The summed E-state index contributed by atoms with van der Waals surface area (Å²) in [7, 11) is 0. The van der Waals surface area contributed by atoms with E-state index in [1.54, 1.807) is 0 Å². The SMILES string of the molecule is CCC1=C(C=c2[nH]c(=Cc3ccccn3)c(CC)c2CC)N=C(C=C2N=C(C)C(C)=C2C)C1CC. The van der Waals surface area contributed by atoms with Crippen LogP contribution in [-0.4, -0.2) is 21.4 Å². The fraction of sp³-hybridized carbons (Fsp3) is 0.387. The van der Waals surface area contributed by atoms with E-state index >= 15 is 0 Å². The van der Waals surface area contributed by atoms with Gasteiger partial charge in [-0.15, -0.1) is 0 Å². The lowest BCUT2D eigenvalue weighted by Crippen LogP contribution is -2.13. The standard InChI is InChI=1S/C31H38N4/c1-8-23-24(9-2)30(34-28(23)16-22-14-12-13-15-32-22)18-31-26(11-4)25(10-3)29(35-31)17-27-20(6)19(5)21(7)33-27/h12-18,25,34H,8-11H2,1-7H3. The van der Waals surface area contributed by atoms with Crippen LogP contribution < -0.4 is 10.7 Å². The second kappa shape index (κ2) is 10.6. The molecule has 2 aliphatic rings. The van der Waals surface area contributed by atoms with Crippen LogP contribution in [0, 0.1) is 5.92 Å². The third-order valence-corrected chi connectivity index (χ3v) is 7.46. The van der Waals surface area contributed by atoms with Gasteiger partial charge in [0, 0.05) is 28.5 Å². The highest BCUT2D eigenvalue weighted by molar-refractivity contribution is 6.07. The lowest BCUT2D eigenvalue weighted by Gasteiger charge is -2.13. The van der Waals surface area contributed by atoms with Crippen molar-refractivity contribution >= 4 is 23.6 Å². The van der Waals surface area contributed by atoms with Gasteiger partial charge in [0.05, 0.1) is 22.8 Å². The number of allylic oxidation sites excluding steroid dienone is 5. The Kier molecular flexibility index (Phi) is 7.49. The predicted molar refractivity (Wildman–Crippen MR) is 149 cm³/mol. The van der Waals surface area contributed by atoms with Gasteiger partial charge in [-0.25, -0.2) is 0 Å². The number of aromatic amines is 1. The Morgan fingerprint density at radius 1 is 0.829 bits per heavy atom. The fourth-order valence-electron chi connectivity index (χ4n) is 5.30. The van der Waals surface area contributed by atoms with Crippen molar-refractivity contribution in [1.29, 1.82) is 0 Å². The number of rotatable bonds is 7. The number of hydrogen-bond acceptors (Lipinski definition) is 3. The van der Waals surface area contributed by atoms with Crippen molar-refractivity contribution in [3.05, 3.63) is 86.1 Å². The van der Waals surface area contributed by atoms with Gasteiger partial charge in [0.15, 0.2) is 0 Å². The summed E-state index contributed by atoms with van der Waals surface area (Å²) in [6.45, 7) is 15.4. The molecule has 1 N–H and O–H groups in total. The molecule has 4 rings (SSSR count). The lowest BCUT2D eigenvalue weighted by atomic mass is 9.90. The molecule has 0 aromatic carbocycles. The average Bonchev–Trinajstić information content (AvgIpc) is 3.46. The lowest BCUT2D eigenvalue weighted by molar-refractivity contribution is 0.749. The number of nitrogens with one attached hydrogen (secondary N) is 1. The highest BCUT2D eigenvalue weighted by atomic mass is 14.8. The molecule has 0 aliphatic carbocycles. The van der Waals surface area contributed by atoms with Crippen LogP contribution in [0.5, 0.6) is 0 Å². The minimum absolute atomic E-state index is 0.341. The first kappa shape index (κ1) is 24.8. The Balaban J connectivity index is 1.85. The minimum atomic E-state index is 0.341. The van der Waals surface area contributed by atoms with Crippen molar-refractivity contribution in [3.63, 3.8) is 0 Å². The summed E-state index contributed by atoms with van der Waals surface area (Å²) >= 11 is 0. The van der Waals surface area contributed by atoms with Crippen molar-refractivity contribution in [2.24, 2.45) is 15.9 Å². The minimum Gasteiger partial charge on any atom is -0.355 e. The third kappa shape index (κ3) is 4.80. The molecule has 0 fully saturated rings. The Labute approximate surface area is 209 Å². The summed E-state index contributed by atoms with van der Waals surface area (Å²) in [5.41, 5.74) is 12.1. The molecule has 0 bridgehead atoms. The van der Waals surface area contributed by atoms with Crippen LogP contribution in [0.15, 0.2) is 68.6 Å². The van der Waals surface area contributed by atoms with Crippen molar-refractivity contribution in [1.82, 2.24) is 9.97 Å². The van der Waals surface area contributed by atoms with Gasteiger partial charge in [-0.3, -0.25) is 15.0 Å². The highest BCUT2D eigenvalue weighted by Gasteiger charge is 2.27. The Bertz CT molecular complexity index is 1390. The summed E-state index contributed by atoms with van der Waals surface area (Å²) in [4.78, 5) is 18.2. The molecule has 4 heteroatoms. The van der Waals surface area contributed by atoms with Crippen molar-refractivity contribution in [3.8, 4) is 0 Å². The number of aliphatic imine (C=N–C) groups is 2. The van der Waals surface area contributed by atoms with E-state index in [9.17, 15) is 0 Å². The van der Waals surface area contributed by atoms with Crippen molar-refractivity contribution in [2.75, 3.05) is 0 Å². The molecule has 2 aromatic rings. The highest BCUT2D eigenvalue weighted by Crippen LogP contribution is 2.34. The fourth-order valence-corrected chi connectivity index (χ4v) is 5.30. The number of aromatic nitrogens is 2.